The molecule has 1 aromatic heterocycles. The molecule has 0 aliphatic heterocycles. The largest absolute Gasteiger partial charge is 0.361 e. The van der Waals surface area contributed by atoms with E-state index in [4.69, 9.17) is 4.74 Å². The summed E-state index contributed by atoms with van der Waals surface area (Å²) in [5.74, 6) is -0.436. The molecule has 0 saturated carbocycles. The van der Waals surface area contributed by atoms with Crippen LogP contribution in [0.1, 0.15) is 6.92 Å². The first-order chi connectivity index (χ1) is 5.74. The Kier molecular flexibility index (Phi) is 2.99. The molecule has 0 aromatic carbocycles. The van der Waals surface area contributed by atoms with Gasteiger partial charge in [-0.3, -0.25) is 9.36 Å². The first-order valence-electron chi connectivity index (χ1n) is 3.67. The molecule has 0 bridgehead atoms. The minimum atomic E-state index is -0.436. The molecule has 1 aromatic rings. The number of pyridine rings is 1. The SMILES string of the molecule is CCOCn1cc(F)ccc1=O. The summed E-state index contributed by atoms with van der Waals surface area (Å²) in [5, 5.41) is 0. The van der Waals surface area contributed by atoms with Crippen LogP contribution < -0.4 is 5.56 Å². The summed E-state index contributed by atoms with van der Waals surface area (Å²) in [4.78, 5) is 11.0. The van der Waals surface area contributed by atoms with Crippen molar-refractivity contribution in [2.24, 2.45) is 0 Å². The van der Waals surface area contributed by atoms with Gasteiger partial charge in [-0.25, -0.2) is 4.39 Å². The van der Waals surface area contributed by atoms with Gasteiger partial charge >= 0.3 is 0 Å². The maximum Gasteiger partial charge on any atom is 0.252 e. The zero-order valence-corrected chi connectivity index (χ0v) is 6.79. The summed E-state index contributed by atoms with van der Waals surface area (Å²) in [7, 11) is 0. The Hall–Kier alpha value is -1.16. The van der Waals surface area contributed by atoms with E-state index in [0.717, 1.165) is 12.3 Å². The lowest BCUT2D eigenvalue weighted by atomic mass is 10.5. The maximum absolute atomic E-state index is 12.6. The van der Waals surface area contributed by atoms with Crippen LogP contribution in [0.2, 0.25) is 0 Å². The molecule has 0 aliphatic carbocycles. The van der Waals surface area contributed by atoms with Crippen molar-refractivity contribution >= 4 is 0 Å². The summed E-state index contributed by atoms with van der Waals surface area (Å²) < 4.78 is 18.7. The summed E-state index contributed by atoms with van der Waals surface area (Å²) in [6.07, 6.45) is 1.12. The van der Waals surface area contributed by atoms with E-state index in [1.807, 2.05) is 6.92 Å². The van der Waals surface area contributed by atoms with Crippen LogP contribution in [-0.4, -0.2) is 11.2 Å². The van der Waals surface area contributed by atoms with E-state index in [0.29, 0.717) is 6.61 Å². The van der Waals surface area contributed by atoms with Crippen LogP contribution in [0.4, 0.5) is 4.39 Å². The molecule has 0 unspecified atom stereocenters. The van der Waals surface area contributed by atoms with Gasteiger partial charge in [0.15, 0.2) is 0 Å². The predicted octanol–water partition coefficient (Wildman–Crippen LogP) is 0.981. The first kappa shape index (κ1) is 8.93. The molecule has 0 amide bonds. The number of ether oxygens (including phenoxy) is 1. The van der Waals surface area contributed by atoms with Crippen LogP contribution in [0.3, 0.4) is 0 Å². The lowest BCUT2D eigenvalue weighted by molar-refractivity contribution is 0.0846. The van der Waals surface area contributed by atoms with Gasteiger partial charge < -0.3 is 4.74 Å². The first-order valence-corrected chi connectivity index (χ1v) is 3.67. The van der Waals surface area contributed by atoms with Crippen LogP contribution >= 0.6 is 0 Å². The Labute approximate surface area is 69.4 Å². The second-order valence-electron chi connectivity index (χ2n) is 2.28. The molecule has 0 spiro atoms. The minimum absolute atomic E-state index is 0.104. The van der Waals surface area contributed by atoms with Crippen LogP contribution in [0.25, 0.3) is 0 Å². The van der Waals surface area contributed by atoms with Crippen molar-refractivity contribution in [3.63, 3.8) is 0 Å². The highest BCUT2D eigenvalue weighted by atomic mass is 19.1. The minimum Gasteiger partial charge on any atom is -0.361 e. The summed E-state index contributed by atoms with van der Waals surface area (Å²) in [6.45, 7) is 2.42. The molecule has 1 heterocycles. The van der Waals surface area contributed by atoms with Crippen molar-refractivity contribution in [3.05, 3.63) is 34.5 Å². The van der Waals surface area contributed by atoms with Gasteiger partial charge in [0.2, 0.25) is 0 Å². The zero-order valence-electron chi connectivity index (χ0n) is 6.79. The van der Waals surface area contributed by atoms with Gasteiger partial charge in [0.25, 0.3) is 5.56 Å². The third-order valence-corrected chi connectivity index (χ3v) is 1.38. The fourth-order valence-electron chi connectivity index (χ4n) is 0.793. The molecule has 4 heteroatoms. The van der Waals surface area contributed by atoms with Crippen molar-refractivity contribution in [2.75, 3.05) is 6.61 Å². The average Bonchev–Trinajstić information content (AvgIpc) is 2.07. The molecule has 0 fully saturated rings. The van der Waals surface area contributed by atoms with E-state index in [-0.39, 0.29) is 12.3 Å². The van der Waals surface area contributed by atoms with E-state index < -0.39 is 5.82 Å². The summed E-state index contributed by atoms with van der Waals surface area (Å²) >= 11 is 0. The van der Waals surface area contributed by atoms with Crippen molar-refractivity contribution in [3.8, 4) is 0 Å². The topological polar surface area (TPSA) is 31.2 Å². The Morgan fingerprint density at radius 2 is 2.33 bits per heavy atom. The average molecular weight is 171 g/mol. The molecule has 0 radical (unpaired) electrons. The Morgan fingerprint density at radius 1 is 1.58 bits per heavy atom. The van der Waals surface area contributed by atoms with Crippen molar-refractivity contribution in [1.82, 2.24) is 4.57 Å². The van der Waals surface area contributed by atoms with Crippen LogP contribution in [-0.2, 0) is 11.5 Å². The third-order valence-electron chi connectivity index (χ3n) is 1.38. The number of hydrogen-bond donors (Lipinski definition) is 0. The van der Waals surface area contributed by atoms with Crippen molar-refractivity contribution in [2.45, 2.75) is 13.7 Å². The molecule has 0 N–H and O–H groups in total. The third kappa shape index (κ3) is 2.17. The fraction of sp³-hybridized carbons (Fsp3) is 0.375. The molecule has 0 saturated heterocycles. The highest BCUT2D eigenvalue weighted by molar-refractivity contribution is 4.95. The predicted molar refractivity (Wildman–Crippen MR) is 42.3 cm³/mol. The van der Waals surface area contributed by atoms with Crippen molar-refractivity contribution in [1.29, 1.82) is 0 Å². The molecule has 66 valence electrons. The standard InChI is InChI=1S/C8H10FNO2/c1-2-12-6-10-5-7(9)3-4-8(10)11/h3-5H,2,6H2,1H3. The normalized spacial score (nSPS) is 10.2. The van der Waals surface area contributed by atoms with E-state index in [1.165, 1.54) is 10.6 Å². The van der Waals surface area contributed by atoms with E-state index in [1.54, 1.807) is 0 Å². The molecular weight excluding hydrogens is 161 g/mol. The smallest absolute Gasteiger partial charge is 0.252 e. The number of aromatic nitrogens is 1. The second-order valence-corrected chi connectivity index (χ2v) is 2.28. The lowest BCUT2D eigenvalue weighted by Gasteiger charge is -2.03. The summed E-state index contributed by atoms with van der Waals surface area (Å²) in [6, 6.07) is 2.30. The van der Waals surface area contributed by atoms with E-state index in [2.05, 4.69) is 0 Å². The Morgan fingerprint density at radius 3 is 3.00 bits per heavy atom. The number of rotatable bonds is 3. The zero-order chi connectivity index (χ0) is 8.97. The molecular formula is C8H10FNO2. The molecule has 0 atom stereocenters. The van der Waals surface area contributed by atoms with Gasteiger partial charge in [-0.2, -0.15) is 0 Å². The molecule has 12 heavy (non-hydrogen) atoms. The van der Waals surface area contributed by atoms with Crippen LogP contribution in [0.15, 0.2) is 23.1 Å². The van der Waals surface area contributed by atoms with E-state index in [9.17, 15) is 9.18 Å². The van der Waals surface area contributed by atoms with Gasteiger partial charge in [-0.1, -0.05) is 0 Å². The van der Waals surface area contributed by atoms with Gasteiger partial charge in [0.1, 0.15) is 12.5 Å². The van der Waals surface area contributed by atoms with Crippen molar-refractivity contribution < 1.29 is 9.13 Å². The second kappa shape index (κ2) is 4.01. The molecule has 0 aliphatic rings. The van der Waals surface area contributed by atoms with Gasteiger partial charge in [-0.15, -0.1) is 0 Å². The van der Waals surface area contributed by atoms with Crippen LogP contribution in [0.5, 0.6) is 0 Å². The lowest BCUT2D eigenvalue weighted by Crippen LogP contribution is -2.20. The maximum atomic E-state index is 12.6. The van der Waals surface area contributed by atoms with Gasteiger partial charge in [-0.05, 0) is 13.0 Å². The Bertz CT molecular complexity index is 308. The Balaban J connectivity index is 2.83. The fourth-order valence-corrected chi connectivity index (χ4v) is 0.793. The number of halogens is 1. The number of nitrogens with zero attached hydrogens (tertiary/aromatic N) is 1. The quantitative estimate of drug-likeness (QED) is 0.678. The highest BCUT2D eigenvalue weighted by Crippen LogP contribution is 1.91. The van der Waals surface area contributed by atoms with E-state index >= 15 is 0 Å². The summed E-state index contributed by atoms with van der Waals surface area (Å²) in [5.41, 5.74) is -0.259. The number of hydrogen-bond acceptors (Lipinski definition) is 2. The monoisotopic (exact) mass is 171 g/mol. The van der Waals surface area contributed by atoms with Crippen LogP contribution in [0, 0.1) is 5.82 Å². The van der Waals surface area contributed by atoms with Gasteiger partial charge in [0.05, 0.1) is 0 Å². The molecule has 3 nitrogen and oxygen atoms in total. The van der Waals surface area contributed by atoms with Gasteiger partial charge in [0, 0.05) is 18.9 Å². The highest BCUT2D eigenvalue weighted by Gasteiger charge is 1.96. The molecule has 1 rings (SSSR count).